The van der Waals surface area contributed by atoms with Crippen LogP contribution in [0.3, 0.4) is 0 Å². The Morgan fingerprint density at radius 1 is 1.31 bits per heavy atom. The standard InChI is InChI=1S/C10H18N2O4/c1-9(2,3)16-8(14)12-5-10(4,6-12)15-7(11)13/h5-6H2,1-4H3,(H2,11,13). The predicted molar refractivity (Wildman–Crippen MR) is 56.9 cm³/mol. The van der Waals surface area contributed by atoms with E-state index in [1.54, 1.807) is 27.7 Å². The lowest BCUT2D eigenvalue weighted by Gasteiger charge is -2.46. The predicted octanol–water partition coefficient (Wildman–Crippen LogP) is 1.09. The smallest absolute Gasteiger partial charge is 0.410 e. The number of amides is 2. The van der Waals surface area contributed by atoms with E-state index >= 15 is 0 Å². The molecule has 0 aromatic rings. The first-order valence-electron chi connectivity index (χ1n) is 5.08. The van der Waals surface area contributed by atoms with Crippen LogP contribution in [0.1, 0.15) is 27.7 Å². The monoisotopic (exact) mass is 230 g/mol. The molecule has 0 aromatic heterocycles. The van der Waals surface area contributed by atoms with Crippen molar-refractivity contribution in [3.63, 3.8) is 0 Å². The van der Waals surface area contributed by atoms with Gasteiger partial charge < -0.3 is 20.1 Å². The van der Waals surface area contributed by atoms with E-state index in [9.17, 15) is 9.59 Å². The Morgan fingerprint density at radius 3 is 2.19 bits per heavy atom. The quantitative estimate of drug-likeness (QED) is 0.731. The zero-order valence-corrected chi connectivity index (χ0v) is 10.1. The van der Waals surface area contributed by atoms with Gasteiger partial charge in [0.15, 0.2) is 0 Å². The molecule has 1 aliphatic heterocycles. The minimum Gasteiger partial charge on any atom is -0.444 e. The van der Waals surface area contributed by atoms with Crippen molar-refractivity contribution >= 4 is 12.2 Å². The van der Waals surface area contributed by atoms with E-state index in [0.717, 1.165) is 0 Å². The van der Waals surface area contributed by atoms with Crippen LogP contribution in [0.15, 0.2) is 0 Å². The number of carbonyl (C=O) groups is 2. The van der Waals surface area contributed by atoms with Crippen LogP contribution in [0.25, 0.3) is 0 Å². The fraction of sp³-hybridized carbons (Fsp3) is 0.800. The number of nitrogens with zero attached hydrogens (tertiary/aromatic N) is 1. The molecule has 0 spiro atoms. The number of nitrogens with two attached hydrogens (primary N) is 1. The highest BCUT2D eigenvalue weighted by Crippen LogP contribution is 2.26. The Morgan fingerprint density at radius 2 is 1.81 bits per heavy atom. The third-order valence-corrected chi connectivity index (χ3v) is 2.05. The maximum absolute atomic E-state index is 11.5. The van der Waals surface area contributed by atoms with Gasteiger partial charge in [-0.1, -0.05) is 0 Å². The highest BCUT2D eigenvalue weighted by molar-refractivity contribution is 5.70. The normalized spacial score (nSPS) is 18.6. The van der Waals surface area contributed by atoms with Crippen LogP contribution in [-0.4, -0.2) is 41.4 Å². The maximum Gasteiger partial charge on any atom is 0.410 e. The number of hydrogen-bond donors (Lipinski definition) is 1. The summed E-state index contributed by atoms with van der Waals surface area (Å²) in [6, 6.07) is 0. The summed E-state index contributed by atoms with van der Waals surface area (Å²) in [5.74, 6) is 0. The molecule has 2 amide bonds. The van der Waals surface area contributed by atoms with Crippen molar-refractivity contribution in [1.29, 1.82) is 0 Å². The molecule has 16 heavy (non-hydrogen) atoms. The second-order valence-corrected chi connectivity index (χ2v) is 5.21. The number of ether oxygens (including phenoxy) is 2. The van der Waals surface area contributed by atoms with Gasteiger partial charge in [-0.05, 0) is 27.7 Å². The summed E-state index contributed by atoms with van der Waals surface area (Å²) in [6.07, 6.45) is -1.23. The first-order valence-corrected chi connectivity index (χ1v) is 5.08. The summed E-state index contributed by atoms with van der Waals surface area (Å²) in [6.45, 7) is 7.73. The van der Waals surface area contributed by atoms with Crippen LogP contribution in [0, 0.1) is 0 Å². The van der Waals surface area contributed by atoms with Gasteiger partial charge in [0.1, 0.15) is 11.2 Å². The van der Waals surface area contributed by atoms with Gasteiger partial charge in [0.25, 0.3) is 0 Å². The number of primary amides is 1. The summed E-state index contributed by atoms with van der Waals surface area (Å²) in [7, 11) is 0. The van der Waals surface area contributed by atoms with Crippen LogP contribution < -0.4 is 5.73 Å². The van der Waals surface area contributed by atoms with Gasteiger partial charge in [-0.15, -0.1) is 0 Å². The number of carbonyl (C=O) groups excluding carboxylic acids is 2. The molecule has 0 radical (unpaired) electrons. The lowest BCUT2D eigenvalue weighted by molar-refractivity contribution is -0.0897. The van der Waals surface area contributed by atoms with Crippen molar-refractivity contribution in [1.82, 2.24) is 4.90 Å². The first kappa shape index (κ1) is 12.6. The minimum absolute atomic E-state index is 0.310. The van der Waals surface area contributed by atoms with Gasteiger partial charge in [-0.25, -0.2) is 9.59 Å². The van der Waals surface area contributed by atoms with Crippen molar-refractivity contribution in [3.8, 4) is 0 Å². The fourth-order valence-corrected chi connectivity index (χ4v) is 1.52. The Kier molecular flexibility index (Phi) is 3.03. The summed E-state index contributed by atoms with van der Waals surface area (Å²) in [5, 5.41) is 0. The van der Waals surface area contributed by atoms with E-state index in [-0.39, 0.29) is 0 Å². The van der Waals surface area contributed by atoms with Crippen LogP contribution in [0.4, 0.5) is 9.59 Å². The van der Waals surface area contributed by atoms with Crippen LogP contribution in [-0.2, 0) is 9.47 Å². The second kappa shape index (κ2) is 3.84. The Hall–Kier alpha value is -1.46. The van der Waals surface area contributed by atoms with Crippen LogP contribution in [0.5, 0.6) is 0 Å². The minimum atomic E-state index is -0.827. The Balaban J connectivity index is 2.41. The topological polar surface area (TPSA) is 81.9 Å². The molecule has 0 aliphatic carbocycles. The largest absolute Gasteiger partial charge is 0.444 e. The van der Waals surface area contributed by atoms with Gasteiger partial charge in [-0.2, -0.15) is 0 Å². The molecule has 1 rings (SSSR count). The maximum atomic E-state index is 11.5. The number of likely N-dealkylation sites (tertiary alicyclic amines) is 1. The Bertz CT molecular complexity index is 302. The molecule has 0 atom stereocenters. The second-order valence-electron chi connectivity index (χ2n) is 5.21. The zero-order valence-electron chi connectivity index (χ0n) is 10.1. The average Bonchev–Trinajstić information content (AvgIpc) is 1.94. The molecule has 1 saturated heterocycles. The highest BCUT2D eigenvalue weighted by Gasteiger charge is 2.45. The van der Waals surface area contributed by atoms with Crippen molar-refractivity contribution < 1.29 is 19.1 Å². The van der Waals surface area contributed by atoms with Gasteiger partial charge in [0.05, 0.1) is 13.1 Å². The molecular weight excluding hydrogens is 212 g/mol. The third kappa shape index (κ3) is 3.29. The molecule has 0 unspecified atom stereocenters. The van der Waals surface area contributed by atoms with Gasteiger partial charge in [0, 0.05) is 0 Å². The van der Waals surface area contributed by atoms with Crippen molar-refractivity contribution in [3.05, 3.63) is 0 Å². The number of rotatable bonds is 1. The molecule has 2 N–H and O–H groups in total. The molecule has 1 aliphatic rings. The van der Waals surface area contributed by atoms with Gasteiger partial charge in [-0.3, -0.25) is 0 Å². The summed E-state index contributed by atoms with van der Waals surface area (Å²) >= 11 is 0. The van der Waals surface area contributed by atoms with Crippen LogP contribution >= 0.6 is 0 Å². The van der Waals surface area contributed by atoms with Crippen LogP contribution in [0.2, 0.25) is 0 Å². The van der Waals surface area contributed by atoms with Crippen molar-refractivity contribution in [2.75, 3.05) is 13.1 Å². The molecule has 6 nitrogen and oxygen atoms in total. The zero-order chi connectivity index (χ0) is 12.6. The molecule has 0 aromatic carbocycles. The van der Waals surface area contributed by atoms with E-state index in [4.69, 9.17) is 15.2 Å². The fourth-order valence-electron chi connectivity index (χ4n) is 1.52. The molecule has 0 saturated carbocycles. The van der Waals surface area contributed by atoms with E-state index < -0.39 is 23.4 Å². The average molecular weight is 230 g/mol. The van der Waals surface area contributed by atoms with Gasteiger partial charge in [0.2, 0.25) is 0 Å². The lowest BCUT2D eigenvalue weighted by atomic mass is 9.97. The van der Waals surface area contributed by atoms with E-state index in [1.165, 1.54) is 4.90 Å². The highest BCUT2D eigenvalue weighted by atomic mass is 16.6. The van der Waals surface area contributed by atoms with Gasteiger partial charge >= 0.3 is 12.2 Å². The van der Waals surface area contributed by atoms with E-state index in [0.29, 0.717) is 13.1 Å². The summed E-state index contributed by atoms with van der Waals surface area (Å²) in [5.41, 5.74) is 3.72. The molecule has 0 bridgehead atoms. The summed E-state index contributed by atoms with van der Waals surface area (Å²) < 4.78 is 10.0. The molecule has 92 valence electrons. The first-order chi connectivity index (χ1) is 7.11. The third-order valence-electron chi connectivity index (χ3n) is 2.05. The molecule has 1 fully saturated rings. The number of hydrogen-bond acceptors (Lipinski definition) is 4. The molecule has 6 heteroatoms. The van der Waals surface area contributed by atoms with E-state index in [2.05, 4.69) is 0 Å². The Labute approximate surface area is 94.7 Å². The SMILES string of the molecule is CC(C)(C)OC(=O)N1CC(C)(OC(N)=O)C1. The molecular formula is C10H18N2O4. The summed E-state index contributed by atoms with van der Waals surface area (Å²) in [4.78, 5) is 23.6. The molecule has 1 heterocycles. The van der Waals surface area contributed by atoms with E-state index in [1.807, 2.05) is 0 Å². The van der Waals surface area contributed by atoms with Crippen molar-refractivity contribution in [2.45, 2.75) is 38.9 Å². The van der Waals surface area contributed by atoms with Crippen molar-refractivity contribution in [2.24, 2.45) is 5.73 Å². The lowest BCUT2D eigenvalue weighted by Crippen LogP contribution is -2.64.